The predicted molar refractivity (Wildman–Crippen MR) is 97.8 cm³/mol. The van der Waals surface area contributed by atoms with Crippen molar-refractivity contribution in [2.45, 2.75) is 12.6 Å². The largest absolute Gasteiger partial charge is 0.480 e. The zero-order chi connectivity index (χ0) is 17.2. The minimum atomic E-state index is -0.856. The molecule has 1 N–H and O–H groups in total. The van der Waals surface area contributed by atoms with Gasteiger partial charge in [-0.2, -0.15) is 11.3 Å². The molecule has 1 atom stereocenters. The molecular weight excluding hydrogens is 336 g/mol. The average Bonchev–Trinajstić information content (AvgIpc) is 3.25. The van der Waals surface area contributed by atoms with Gasteiger partial charge in [0, 0.05) is 38.1 Å². The van der Waals surface area contributed by atoms with Crippen molar-refractivity contribution in [1.29, 1.82) is 0 Å². The maximum absolute atomic E-state index is 11.9. The van der Waals surface area contributed by atoms with Crippen molar-refractivity contribution in [2.75, 3.05) is 26.2 Å². The Balaban J connectivity index is 1.47. The first-order chi connectivity index (χ1) is 12.2. The minimum absolute atomic E-state index is 0.514. The zero-order valence-electron chi connectivity index (χ0n) is 13.8. The Morgan fingerprint density at radius 3 is 2.68 bits per heavy atom. The monoisotopic (exact) mass is 356 g/mol. The average molecular weight is 356 g/mol. The summed E-state index contributed by atoms with van der Waals surface area (Å²) >= 11 is 1.71. The molecule has 0 amide bonds. The van der Waals surface area contributed by atoms with Crippen LogP contribution in [0.2, 0.25) is 0 Å². The van der Waals surface area contributed by atoms with Gasteiger partial charge in [-0.1, -0.05) is 18.2 Å². The van der Waals surface area contributed by atoms with Crippen molar-refractivity contribution in [2.24, 2.45) is 0 Å². The maximum Gasteiger partial charge on any atom is 0.328 e. The molecular formula is C19H20N2O3S. The normalized spacial score (nSPS) is 17.8. The molecule has 5 nitrogen and oxygen atoms in total. The highest BCUT2D eigenvalue weighted by Gasteiger charge is 2.32. The van der Waals surface area contributed by atoms with E-state index in [1.165, 1.54) is 5.56 Å². The van der Waals surface area contributed by atoms with E-state index in [0.717, 1.165) is 43.7 Å². The van der Waals surface area contributed by atoms with Gasteiger partial charge in [-0.15, -0.1) is 0 Å². The second-order valence-corrected chi connectivity index (χ2v) is 7.15. The first kappa shape index (κ1) is 16.3. The lowest BCUT2D eigenvalue weighted by Gasteiger charge is -2.36. The number of para-hydroxylation sites is 1. The summed E-state index contributed by atoms with van der Waals surface area (Å²) < 4.78 is 5.82. The second kappa shape index (κ2) is 7.00. The van der Waals surface area contributed by atoms with Crippen LogP contribution in [0.3, 0.4) is 0 Å². The lowest BCUT2D eigenvalue weighted by molar-refractivity contribution is -0.145. The minimum Gasteiger partial charge on any atom is -0.480 e. The number of furan rings is 1. The molecule has 1 aliphatic rings. The Bertz CT molecular complexity index is 818. The van der Waals surface area contributed by atoms with Gasteiger partial charge in [-0.25, -0.2) is 0 Å². The molecule has 0 saturated carbocycles. The molecule has 130 valence electrons. The molecule has 6 heteroatoms. The number of rotatable bonds is 5. The number of piperazine rings is 1. The molecule has 1 aromatic carbocycles. The van der Waals surface area contributed by atoms with E-state index >= 15 is 0 Å². The third-order valence-corrected chi connectivity index (χ3v) is 5.44. The first-order valence-corrected chi connectivity index (χ1v) is 9.34. The molecule has 0 unspecified atom stereocenters. The molecule has 0 bridgehead atoms. The Kier molecular flexibility index (Phi) is 4.57. The maximum atomic E-state index is 11.9. The summed E-state index contributed by atoms with van der Waals surface area (Å²) in [6, 6.07) is 10.9. The Morgan fingerprint density at radius 2 is 2.00 bits per heavy atom. The third-order valence-electron chi connectivity index (χ3n) is 4.71. The molecule has 0 spiro atoms. The summed E-state index contributed by atoms with van der Waals surface area (Å²) in [4.78, 5) is 16.3. The number of carboxylic acids is 1. The Labute approximate surface area is 150 Å². The summed E-state index contributed by atoms with van der Waals surface area (Å²) in [5.74, 6) is -0.342. The van der Waals surface area contributed by atoms with Crippen molar-refractivity contribution < 1.29 is 14.3 Å². The van der Waals surface area contributed by atoms with Crippen LogP contribution >= 0.6 is 11.3 Å². The number of thiophene rings is 1. The summed E-state index contributed by atoms with van der Waals surface area (Å²) in [6.45, 7) is 4.09. The van der Waals surface area contributed by atoms with Crippen LogP contribution in [0.5, 0.6) is 0 Å². The molecule has 3 aromatic rings. The van der Waals surface area contributed by atoms with Crippen LogP contribution in [0.1, 0.15) is 17.4 Å². The zero-order valence-corrected chi connectivity index (χ0v) is 14.6. The van der Waals surface area contributed by atoms with E-state index in [0.29, 0.717) is 5.76 Å². The summed E-state index contributed by atoms with van der Waals surface area (Å²) in [7, 11) is 0. The molecule has 0 radical (unpaired) electrons. The molecule has 0 aliphatic carbocycles. The fourth-order valence-corrected chi connectivity index (χ4v) is 4.08. The number of nitrogens with zero attached hydrogens (tertiary/aromatic N) is 2. The second-order valence-electron chi connectivity index (χ2n) is 6.37. The molecule has 4 rings (SSSR count). The van der Waals surface area contributed by atoms with Crippen molar-refractivity contribution in [3.63, 3.8) is 0 Å². The van der Waals surface area contributed by atoms with E-state index < -0.39 is 12.0 Å². The van der Waals surface area contributed by atoms with Gasteiger partial charge in [0.15, 0.2) is 6.04 Å². The molecule has 2 aromatic heterocycles. The van der Waals surface area contributed by atoms with Crippen LogP contribution in [0, 0.1) is 0 Å². The highest BCUT2D eigenvalue weighted by molar-refractivity contribution is 7.07. The number of fused-ring (bicyclic) bond motifs is 1. The van der Waals surface area contributed by atoms with Gasteiger partial charge in [-0.3, -0.25) is 14.6 Å². The number of hydrogen-bond acceptors (Lipinski definition) is 5. The van der Waals surface area contributed by atoms with Gasteiger partial charge in [0.1, 0.15) is 11.3 Å². The van der Waals surface area contributed by atoms with Crippen LogP contribution < -0.4 is 0 Å². The Hall–Kier alpha value is -2.15. The van der Waals surface area contributed by atoms with E-state index in [-0.39, 0.29) is 0 Å². The van der Waals surface area contributed by atoms with E-state index in [9.17, 15) is 9.90 Å². The first-order valence-electron chi connectivity index (χ1n) is 8.39. The lowest BCUT2D eigenvalue weighted by atomic mass is 10.1. The van der Waals surface area contributed by atoms with Crippen LogP contribution in [0.25, 0.3) is 11.0 Å². The van der Waals surface area contributed by atoms with Crippen molar-refractivity contribution in [1.82, 2.24) is 9.80 Å². The fourth-order valence-electron chi connectivity index (χ4n) is 3.42. The van der Waals surface area contributed by atoms with Gasteiger partial charge >= 0.3 is 5.97 Å². The Morgan fingerprint density at radius 1 is 1.20 bits per heavy atom. The van der Waals surface area contributed by atoms with Gasteiger partial charge in [-0.05, 0) is 34.5 Å². The summed E-state index contributed by atoms with van der Waals surface area (Å²) in [6.07, 6.45) is 0. The summed E-state index contributed by atoms with van der Waals surface area (Å²) in [5.41, 5.74) is 2.06. The van der Waals surface area contributed by atoms with Gasteiger partial charge in [0.05, 0.1) is 0 Å². The van der Waals surface area contributed by atoms with Gasteiger partial charge < -0.3 is 9.52 Å². The van der Waals surface area contributed by atoms with E-state index in [2.05, 4.69) is 21.7 Å². The van der Waals surface area contributed by atoms with Crippen molar-refractivity contribution in [3.8, 4) is 0 Å². The van der Waals surface area contributed by atoms with Gasteiger partial charge in [0.25, 0.3) is 0 Å². The molecule has 25 heavy (non-hydrogen) atoms. The number of hydrogen-bond donors (Lipinski definition) is 1. The number of carboxylic acid groups (broad SMARTS) is 1. The summed E-state index contributed by atoms with van der Waals surface area (Å²) in [5, 5.41) is 15.0. The van der Waals surface area contributed by atoms with E-state index in [4.69, 9.17) is 4.42 Å². The van der Waals surface area contributed by atoms with Crippen molar-refractivity contribution in [3.05, 3.63) is 58.5 Å². The fraction of sp³-hybridized carbons (Fsp3) is 0.316. The third kappa shape index (κ3) is 3.46. The SMILES string of the molecule is O=C(O)[C@@H](c1cc2ccccc2o1)N1CCN(Cc2ccsc2)CC1. The predicted octanol–water partition coefficient (Wildman–Crippen LogP) is 3.44. The van der Waals surface area contributed by atoms with Crippen LogP contribution in [0.15, 0.2) is 51.6 Å². The highest BCUT2D eigenvalue weighted by Crippen LogP contribution is 2.29. The number of benzene rings is 1. The van der Waals surface area contributed by atoms with Crippen LogP contribution in [0.4, 0.5) is 0 Å². The topological polar surface area (TPSA) is 56.9 Å². The van der Waals surface area contributed by atoms with Crippen molar-refractivity contribution >= 4 is 28.3 Å². The quantitative estimate of drug-likeness (QED) is 0.759. The van der Waals surface area contributed by atoms with E-state index in [1.54, 1.807) is 11.3 Å². The molecule has 3 heterocycles. The number of aliphatic carboxylic acids is 1. The van der Waals surface area contributed by atoms with E-state index in [1.807, 2.05) is 35.2 Å². The highest BCUT2D eigenvalue weighted by atomic mass is 32.1. The molecule has 1 fully saturated rings. The molecule has 1 saturated heterocycles. The standard InChI is InChI=1S/C19H20N2O3S/c22-19(23)18(17-11-15-3-1-2-4-16(15)24-17)21-8-6-20(7-9-21)12-14-5-10-25-13-14/h1-5,10-11,13,18H,6-9,12H2,(H,22,23)/t18-/m1/s1. The molecule has 1 aliphatic heterocycles. The van der Waals surface area contributed by atoms with Crippen LogP contribution in [-0.2, 0) is 11.3 Å². The number of carbonyl (C=O) groups is 1. The smallest absolute Gasteiger partial charge is 0.328 e. The lowest BCUT2D eigenvalue weighted by Crippen LogP contribution is -2.48. The van der Waals surface area contributed by atoms with Crippen LogP contribution in [-0.4, -0.2) is 47.1 Å². The van der Waals surface area contributed by atoms with Gasteiger partial charge in [0.2, 0.25) is 0 Å².